The van der Waals surface area contributed by atoms with Crippen LogP contribution in [0.15, 0.2) is 24.5 Å². The second-order valence-electron chi connectivity index (χ2n) is 7.54. The molecule has 3 rings (SSSR count). The van der Waals surface area contributed by atoms with Gasteiger partial charge in [-0.3, -0.25) is 4.79 Å². The summed E-state index contributed by atoms with van der Waals surface area (Å²) in [6, 6.07) is 5.46. The Kier molecular flexibility index (Phi) is 7.88. The van der Waals surface area contributed by atoms with E-state index in [1.807, 2.05) is 20.8 Å². The number of nitrogens with one attached hydrogen (secondary N) is 3. The van der Waals surface area contributed by atoms with E-state index in [4.69, 9.17) is 27.9 Å². The maximum atomic E-state index is 12.9. The molecule has 0 saturated heterocycles. The predicted octanol–water partition coefficient (Wildman–Crippen LogP) is 3.68. The third kappa shape index (κ3) is 5.60. The zero-order valence-electron chi connectivity index (χ0n) is 17.3. The molecule has 1 unspecified atom stereocenters. The molecule has 3 N–H and O–H groups in total. The summed E-state index contributed by atoms with van der Waals surface area (Å²) < 4.78 is 5.61. The highest BCUT2D eigenvalue weighted by Gasteiger charge is 2.25. The smallest absolute Gasteiger partial charge is 0.228 e. The fourth-order valence-corrected chi connectivity index (χ4v) is 3.91. The first-order chi connectivity index (χ1) is 14.4. The lowest BCUT2D eigenvalue weighted by Crippen LogP contribution is -2.39. The summed E-state index contributed by atoms with van der Waals surface area (Å²) >= 11 is 12.4. The number of halogens is 2. The Balaban J connectivity index is 1.60. The number of hydrogen-bond acceptors (Lipinski definition) is 6. The van der Waals surface area contributed by atoms with Gasteiger partial charge in [-0.05, 0) is 24.6 Å². The summed E-state index contributed by atoms with van der Waals surface area (Å²) in [7, 11) is 0. The lowest BCUT2D eigenvalue weighted by Gasteiger charge is -2.21. The number of rotatable bonds is 9. The number of hydrogen-bond donors (Lipinski definition) is 3. The molecule has 2 heterocycles. The van der Waals surface area contributed by atoms with Crippen LogP contribution in [0.25, 0.3) is 0 Å². The fourth-order valence-electron chi connectivity index (χ4n) is 3.37. The summed E-state index contributed by atoms with van der Waals surface area (Å²) in [6.07, 6.45) is 1.48. The molecule has 0 saturated carbocycles. The number of carbonyl (C=O) groups is 1. The highest BCUT2D eigenvalue weighted by molar-refractivity contribution is 6.35. The molecule has 0 fully saturated rings. The molecule has 1 aliphatic rings. The third-order valence-electron chi connectivity index (χ3n) is 4.94. The molecule has 1 amide bonds. The van der Waals surface area contributed by atoms with Crippen LogP contribution in [0.5, 0.6) is 0 Å². The van der Waals surface area contributed by atoms with Crippen LogP contribution in [0.3, 0.4) is 0 Å². The van der Waals surface area contributed by atoms with Crippen molar-refractivity contribution in [2.75, 3.05) is 25.0 Å². The summed E-state index contributed by atoms with van der Waals surface area (Å²) in [5, 5.41) is 10.6. The normalized spacial score (nSPS) is 16.4. The number of aromatic nitrogens is 2. The highest BCUT2D eigenvalue weighted by atomic mass is 35.5. The average Bonchev–Trinajstić information content (AvgIpc) is 3.08. The van der Waals surface area contributed by atoms with Crippen LogP contribution in [0.4, 0.5) is 5.82 Å². The molecular weight excluding hydrogens is 425 g/mol. The van der Waals surface area contributed by atoms with Crippen LogP contribution in [0.1, 0.15) is 49.6 Å². The van der Waals surface area contributed by atoms with Gasteiger partial charge >= 0.3 is 0 Å². The second-order valence-corrected chi connectivity index (χ2v) is 8.38. The van der Waals surface area contributed by atoms with Gasteiger partial charge in [-0.25, -0.2) is 9.97 Å². The summed E-state index contributed by atoms with van der Waals surface area (Å²) in [5.74, 6) is 0.227. The van der Waals surface area contributed by atoms with Gasteiger partial charge in [-0.1, -0.05) is 43.1 Å². The van der Waals surface area contributed by atoms with Crippen LogP contribution < -0.4 is 16.0 Å². The van der Waals surface area contributed by atoms with Crippen molar-refractivity contribution >= 4 is 34.9 Å². The van der Waals surface area contributed by atoms with Gasteiger partial charge in [0.2, 0.25) is 5.91 Å². The molecular formula is C21H27Cl2N5O2. The summed E-state index contributed by atoms with van der Waals surface area (Å²) in [6.45, 7) is 7.99. The molecule has 162 valence electrons. The van der Waals surface area contributed by atoms with Crippen molar-refractivity contribution in [3.8, 4) is 0 Å². The van der Waals surface area contributed by atoms with Gasteiger partial charge in [0.25, 0.3) is 0 Å². The minimum Gasteiger partial charge on any atom is -0.368 e. The Morgan fingerprint density at radius 3 is 2.80 bits per heavy atom. The third-order valence-corrected chi connectivity index (χ3v) is 5.51. The Labute approximate surface area is 186 Å². The van der Waals surface area contributed by atoms with Gasteiger partial charge in [-0.2, -0.15) is 0 Å². The van der Waals surface area contributed by atoms with Crippen molar-refractivity contribution < 1.29 is 9.53 Å². The number of amides is 1. The quantitative estimate of drug-likeness (QED) is 0.503. The maximum absolute atomic E-state index is 12.9. The molecule has 1 aromatic carbocycles. The average molecular weight is 452 g/mol. The van der Waals surface area contributed by atoms with Crippen molar-refractivity contribution in [3.05, 3.63) is 51.4 Å². The molecule has 2 atom stereocenters. The predicted molar refractivity (Wildman–Crippen MR) is 119 cm³/mol. The molecule has 9 heteroatoms. The van der Waals surface area contributed by atoms with Crippen molar-refractivity contribution in [1.29, 1.82) is 0 Å². The SMILES string of the molecule is CC(C)NCC(C(=O)NCCNc1ncnc2c1[C@H](C)OC2)c1ccc(Cl)cc1Cl. The largest absolute Gasteiger partial charge is 0.368 e. The zero-order valence-corrected chi connectivity index (χ0v) is 18.8. The number of nitrogens with zero attached hydrogens (tertiary/aromatic N) is 2. The van der Waals surface area contributed by atoms with E-state index < -0.39 is 5.92 Å². The van der Waals surface area contributed by atoms with E-state index >= 15 is 0 Å². The van der Waals surface area contributed by atoms with E-state index in [0.717, 1.165) is 22.6 Å². The maximum Gasteiger partial charge on any atom is 0.228 e. The number of carbonyl (C=O) groups excluding carboxylic acids is 1. The number of fused-ring (bicyclic) bond motifs is 1. The molecule has 1 aliphatic heterocycles. The van der Waals surface area contributed by atoms with E-state index in [1.54, 1.807) is 18.2 Å². The van der Waals surface area contributed by atoms with Gasteiger partial charge in [0.05, 0.1) is 24.3 Å². The molecule has 0 bridgehead atoms. The van der Waals surface area contributed by atoms with Gasteiger partial charge in [0, 0.05) is 41.3 Å². The number of ether oxygens (including phenoxy) is 1. The monoisotopic (exact) mass is 451 g/mol. The molecule has 2 aromatic rings. The molecule has 7 nitrogen and oxygen atoms in total. The fraction of sp³-hybridized carbons (Fsp3) is 0.476. The number of anilines is 1. The molecule has 30 heavy (non-hydrogen) atoms. The Morgan fingerprint density at radius 2 is 2.07 bits per heavy atom. The van der Waals surface area contributed by atoms with E-state index in [0.29, 0.717) is 36.3 Å². The molecule has 1 aromatic heterocycles. The highest BCUT2D eigenvalue weighted by Crippen LogP contribution is 2.33. The van der Waals surface area contributed by atoms with E-state index in [1.165, 1.54) is 6.33 Å². The topological polar surface area (TPSA) is 88.2 Å². The minimum atomic E-state index is -0.422. The minimum absolute atomic E-state index is 0.0446. The van der Waals surface area contributed by atoms with Crippen LogP contribution in [-0.4, -0.2) is 41.6 Å². The molecule has 0 spiro atoms. The number of benzene rings is 1. The van der Waals surface area contributed by atoms with Crippen LogP contribution in [-0.2, 0) is 16.1 Å². The Hall–Kier alpha value is -1.93. The summed E-state index contributed by atoms with van der Waals surface area (Å²) in [5.41, 5.74) is 2.64. The van der Waals surface area contributed by atoms with Crippen LogP contribution in [0, 0.1) is 0 Å². The standard InChI is InChI=1S/C21H27Cl2N5O2/c1-12(2)26-9-16(15-5-4-14(22)8-17(15)23)21(29)25-7-6-24-20-19-13(3)30-10-18(19)27-11-28-20/h4-5,8,11-13,16,26H,6-7,9-10H2,1-3H3,(H,25,29)(H,24,27,28)/t13-,16?/m0/s1. The van der Waals surface area contributed by atoms with E-state index in [2.05, 4.69) is 25.9 Å². The van der Waals surface area contributed by atoms with Gasteiger partial charge in [0.15, 0.2) is 0 Å². The first kappa shape index (κ1) is 22.7. The van der Waals surface area contributed by atoms with E-state index in [9.17, 15) is 4.79 Å². The van der Waals surface area contributed by atoms with Gasteiger partial charge in [0.1, 0.15) is 12.1 Å². The van der Waals surface area contributed by atoms with Crippen LogP contribution >= 0.6 is 23.2 Å². The van der Waals surface area contributed by atoms with Crippen molar-refractivity contribution in [3.63, 3.8) is 0 Å². The lowest BCUT2D eigenvalue weighted by atomic mass is 9.97. The van der Waals surface area contributed by atoms with Crippen molar-refractivity contribution in [2.24, 2.45) is 0 Å². The lowest BCUT2D eigenvalue weighted by molar-refractivity contribution is -0.122. The first-order valence-electron chi connectivity index (χ1n) is 10.0. The Bertz CT molecular complexity index is 894. The van der Waals surface area contributed by atoms with Crippen LogP contribution in [0.2, 0.25) is 10.0 Å². The second kappa shape index (κ2) is 10.4. The van der Waals surface area contributed by atoms with Gasteiger partial charge in [-0.15, -0.1) is 0 Å². The van der Waals surface area contributed by atoms with Crippen molar-refractivity contribution in [2.45, 2.75) is 45.4 Å². The first-order valence-corrected chi connectivity index (χ1v) is 10.8. The molecule has 0 aliphatic carbocycles. The Morgan fingerprint density at radius 1 is 1.27 bits per heavy atom. The summed E-state index contributed by atoms with van der Waals surface area (Å²) in [4.78, 5) is 21.5. The van der Waals surface area contributed by atoms with Crippen molar-refractivity contribution in [1.82, 2.24) is 20.6 Å². The molecule has 0 radical (unpaired) electrons. The van der Waals surface area contributed by atoms with E-state index in [-0.39, 0.29) is 18.1 Å². The zero-order chi connectivity index (χ0) is 21.7. The van der Waals surface area contributed by atoms with Gasteiger partial charge < -0.3 is 20.7 Å².